The normalized spacial score (nSPS) is 12.3. The molecule has 2 aromatic rings. The lowest BCUT2D eigenvalue weighted by molar-refractivity contribution is 0.169. The number of phenolic OH excluding ortho intramolecular Hbond substituents is 1. The molecule has 1 atom stereocenters. The Labute approximate surface area is 111 Å². The van der Waals surface area contributed by atoms with E-state index in [0.29, 0.717) is 6.54 Å². The molecular formula is C15H16FNO2. The zero-order chi connectivity index (χ0) is 13.7. The standard InChI is InChI=1S/C15H16FNO2/c16-14-7-2-1-6-13(14)15(19)10-17-9-11-4-3-5-12(18)8-11/h1-8,15,17-19H,9-10H2/t15-/m1/s1. The zero-order valence-electron chi connectivity index (χ0n) is 10.4. The molecule has 3 N–H and O–H groups in total. The molecule has 0 fully saturated rings. The summed E-state index contributed by atoms with van der Waals surface area (Å²) in [6, 6.07) is 13.0. The van der Waals surface area contributed by atoms with Crippen molar-refractivity contribution in [3.8, 4) is 5.75 Å². The van der Waals surface area contributed by atoms with Crippen LogP contribution in [0.4, 0.5) is 4.39 Å². The molecule has 0 spiro atoms. The molecule has 0 aliphatic rings. The molecule has 19 heavy (non-hydrogen) atoms. The number of aliphatic hydroxyl groups excluding tert-OH is 1. The molecule has 100 valence electrons. The number of phenols is 1. The molecule has 0 radical (unpaired) electrons. The van der Waals surface area contributed by atoms with E-state index in [1.165, 1.54) is 6.07 Å². The van der Waals surface area contributed by atoms with Gasteiger partial charge in [0, 0.05) is 18.7 Å². The third-order valence-corrected chi connectivity index (χ3v) is 2.84. The summed E-state index contributed by atoms with van der Waals surface area (Å²) in [6.07, 6.45) is -0.890. The molecule has 0 amide bonds. The van der Waals surface area contributed by atoms with Crippen LogP contribution in [0.5, 0.6) is 5.75 Å². The minimum atomic E-state index is -0.890. The fourth-order valence-electron chi connectivity index (χ4n) is 1.87. The van der Waals surface area contributed by atoms with Gasteiger partial charge in [0.25, 0.3) is 0 Å². The number of halogens is 1. The van der Waals surface area contributed by atoms with Crippen LogP contribution in [0.3, 0.4) is 0 Å². The molecule has 3 nitrogen and oxygen atoms in total. The Kier molecular flexibility index (Phi) is 4.49. The monoisotopic (exact) mass is 261 g/mol. The third kappa shape index (κ3) is 3.77. The topological polar surface area (TPSA) is 52.5 Å². The second-order valence-electron chi connectivity index (χ2n) is 4.34. The number of benzene rings is 2. The summed E-state index contributed by atoms with van der Waals surface area (Å²) in [5.74, 6) is -0.205. The fourth-order valence-corrected chi connectivity index (χ4v) is 1.87. The molecule has 4 heteroatoms. The minimum Gasteiger partial charge on any atom is -0.508 e. The fraction of sp³-hybridized carbons (Fsp3) is 0.200. The van der Waals surface area contributed by atoms with E-state index in [4.69, 9.17) is 0 Å². The zero-order valence-corrected chi connectivity index (χ0v) is 10.4. The molecule has 0 unspecified atom stereocenters. The van der Waals surface area contributed by atoms with Crippen molar-refractivity contribution in [2.75, 3.05) is 6.54 Å². The van der Waals surface area contributed by atoms with Gasteiger partial charge in [-0.15, -0.1) is 0 Å². The molecule has 0 aliphatic heterocycles. The Morgan fingerprint density at radius 1 is 1.11 bits per heavy atom. The van der Waals surface area contributed by atoms with Gasteiger partial charge in [0.15, 0.2) is 0 Å². The van der Waals surface area contributed by atoms with Crippen LogP contribution >= 0.6 is 0 Å². The van der Waals surface area contributed by atoms with Gasteiger partial charge in [-0.1, -0.05) is 30.3 Å². The highest BCUT2D eigenvalue weighted by molar-refractivity contribution is 5.27. The number of aromatic hydroxyl groups is 1. The van der Waals surface area contributed by atoms with Crippen molar-refractivity contribution >= 4 is 0 Å². The number of rotatable bonds is 5. The molecule has 0 heterocycles. The first-order valence-corrected chi connectivity index (χ1v) is 6.08. The lowest BCUT2D eigenvalue weighted by Gasteiger charge is -2.13. The lowest BCUT2D eigenvalue weighted by atomic mass is 10.1. The van der Waals surface area contributed by atoms with E-state index in [1.54, 1.807) is 36.4 Å². The van der Waals surface area contributed by atoms with Crippen LogP contribution in [0.15, 0.2) is 48.5 Å². The number of nitrogens with one attached hydrogen (secondary N) is 1. The number of aliphatic hydroxyl groups is 1. The Hall–Kier alpha value is -1.91. The summed E-state index contributed by atoms with van der Waals surface area (Å²) in [5.41, 5.74) is 1.19. The van der Waals surface area contributed by atoms with Crippen molar-refractivity contribution in [3.63, 3.8) is 0 Å². The van der Waals surface area contributed by atoms with Crippen LogP contribution in [0.2, 0.25) is 0 Å². The molecule has 2 rings (SSSR count). The first-order chi connectivity index (χ1) is 9.16. The van der Waals surface area contributed by atoms with E-state index in [2.05, 4.69) is 5.32 Å². The van der Waals surface area contributed by atoms with E-state index in [9.17, 15) is 14.6 Å². The van der Waals surface area contributed by atoms with Crippen molar-refractivity contribution in [2.45, 2.75) is 12.6 Å². The summed E-state index contributed by atoms with van der Waals surface area (Å²) in [6.45, 7) is 0.747. The maximum atomic E-state index is 13.4. The maximum Gasteiger partial charge on any atom is 0.129 e. The SMILES string of the molecule is Oc1cccc(CNC[C@@H](O)c2ccccc2F)c1. The molecule has 0 aliphatic carbocycles. The van der Waals surface area contributed by atoms with E-state index < -0.39 is 11.9 Å². The van der Waals surface area contributed by atoms with E-state index in [1.807, 2.05) is 6.07 Å². The number of hydrogen-bond donors (Lipinski definition) is 3. The Morgan fingerprint density at radius 3 is 2.63 bits per heavy atom. The van der Waals surface area contributed by atoms with Gasteiger partial charge in [-0.25, -0.2) is 4.39 Å². The summed E-state index contributed by atoms with van der Waals surface area (Å²) < 4.78 is 13.4. The average Bonchev–Trinajstić information content (AvgIpc) is 2.39. The van der Waals surface area contributed by atoms with Crippen molar-refractivity contribution in [3.05, 3.63) is 65.5 Å². The van der Waals surface area contributed by atoms with Gasteiger partial charge >= 0.3 is 0 Å². The van der Waals surface area contributed by atoms with Gasteiger partial charge in [0.05, 0.1) is 6.10 Å². The predicted octanol–water partition coefficient (Wildman–Crippen LogP) is 2.35. The van der Waals surface area contributed by atoms with Crippen LogP contribution in [-0.4, -0.2) is 16.8 Å². The smallest absolute Gasteiger partial charge is 0.129 e. The Bertz CT molecular complexity index is 545. The largest absolute Gasteiger partial charge is 0.508 e. The maximum absolute atomic E-state index is 13.4. The van der Waals surface area contributed by atoms with Gasteiger partial charge in [-0.05, 0) is 23.8 Å². The Morgan fingerprint density at radius 2 is 1.89 bits per heavy atom. The second kappa shape index (κ2) is 6.31. The summed E-state index contributed by atoms with van der Waals surface area (Å²) in [7, 11) is 0. The van der Waals surface area contributed by atoms with Gasteiger partial charge in [-0.3, -0.25) is 0 Å². The molecule has 2 aromatic carbocycles. The molecular weight excluding hydrogens is 245 g/mol. The van der Waals surface area contributed by atoms with Crippen molar-refractivity contribution < 1.29 is 14.6 Å². The summed E-state index contributed by atoms with van der Waals surface area (Å²) in [4.78, 5) is 0. The van der Waals surface area contributed by atoms with Gasteiger partial charge in [0.1, 0.15) is 11.6 Å². The predicted molar refractivity (Wildman–Crippen MR) is 71.2 cm³/mol. The summed E-state index contributed by atoms with van der Waals surface area (Å²) >= 11 is 0. The molecule has 0 aromatic heterocycles. The highest BCUT2D eigenvalue weighted by Gasteiger charge is 2.11. The van der Waals surface area contributed by atoms with Crippen molar-refractivity contribution in [1.29, 1.82) is 0 Å². The first-order valence-electron chi connectivity index (χ1n) is 6.08. The van der Waals surface area contributed by atoms with Crippen LogP contribution in [-0.2, 0) is 6.54 Å². The highest BCUT2D eigenvalue weighted by Crippen LogP contribution is 2.16. The first kappa shape index (κ1) is 13.5. The third-order valence-electron chi connectivity index (χ3n) is 2.84. The van der Waals surface area contributed by atoms with Crippen LogP contribution in [0.1, 0.15) is 17.2 Å². The van der Waals surface area contributed by atoms with Gasteiger partial charge in [-0.2, -0.15) is 0 Å². The highest BCUT2D eigenvalue weighted by atomic mass is 19.1. The minimum absolute atomic E-state index is 0.203. The van der Waals surface area contributed by atoms with Crippen LogP contribution in [0.25, 0.3) is 0 Å². The van der Waals surface area contributed by atoms with Crippen molar-refractivity contribution in [1.82, 2.24) is 5.32 Å². The van der Waals surface area contributed by atoms with Gasteiger partial charge in [0.2, 0.25) is 0 Å². The second-order valence-corrected chi connectivity index (χ2v) is 4.34. The van der Waals surface area contributed by atoms with Crippen molar-refractivity contribution in [2.24, 2.45) is 0 Å². The lowest BCUT2D eigenvalue weighted by Crippen LogP contribution is -2.21. The van der Waals surface area contributed by atoms with E-state index in [-0.39, 0.29) is 17.9 Å². The van der Waals surface area contributed by atoms with Crippen LogP contribution < -0.4 is 5.32 Å². The number of hydrogen-bond acceptors (Lipinski definition) is 3. The molecule has 0 saturated carbocycles. The average molecular weight is 261 g/mol. The molecule has 0 saturated heterocycles. The molecule has 0 bridgehead atoms. The van der Waals surface area contributed by atoms with Crippen LogP contribution in [0, 0.1) is 5.82 Å². The summed E-state index contributed by atoms with van der Waals surface area (Å²) in [5, 5.41) is 22.2. The van der Waals surface area contributed by atoms with E-state index >= 15 is 0 Å². The Balaban J connectivity index is 1.88. The quantitative estimate of drug-likeness (QED) is 0.774. The van der Waals surface area contributed by atoms with Gasteiger partial charge < -0.3 is 15.5 Å². The van der Waals surface area contributed by atoms with E-state index in [0.717, 1.165) is 5.56 Å².